The van der Waals surface area contributed by atoms with Crippen LogP contribution >= 0.6 is 11.8 Å². The van der Waals surface area contributed by atoms with E-state index in [9.17, 15) is 4.79 Å². The summed E-state index contributed by atoms with van der Waals surface area (Å²) in [6.45, 7) is 4.04. The standard InChI is InChI=1S/C25H24N4O2S/c1-17-7-9-19(10-8-17)24-27-28-25(29(24)21-11-13-22(31-3)14-12-21)32-16-23(30)26-20-6-4-5-18(2)15-20/h4-15H,16H2,1-3H3,(H,26,30). The lowest BCUT2D eigenvalue weighted by molar-refractivity contribution is -0.113. The molecule has 0 aliphatic rings. The fourth-order valence-corrected chi connectivity index (χ4v) is 4.02. The fourth-order valence-electron chi connectivity index (χ4n) is 3.27. The number of hydrogen-bond donors (Lipinski definition) is 1. The fraction of sp³-hybridized carbons (Fsp3) is 0.160. The number of nitrogens with zero attached hydrogens (tertiary/aromatic N) is 3. The molecule has 0 aliphatic heterocycles. The van der Waals surface area contributed by atoms with Crippen LogP contribution in [0.3, 0.4) is 0 Å². The second kappa shape index (κ2) is 9.70. The van der Waals surface area contributed by atoms with Crippen molar-refractivity contribution in [2.75, 3.05) is 18.2 Å². The van der Waals surface area contributed by atoms with E-state index in [1.807, 2.05) is 91.2 Å². The van der Waals surface area contributed by atoms with Gasteiger partial charge in [0.15, 0.2) is 11.0 Å². The normalized spacial score (nSPS) is 10.7. The van der Waals surface area contributed by atoms with Crippen molar-refractivity contribution in [1.29, 1.82) is 0 Å². The first-order chi connectivity index (χ1) is 15.5. The van der Waals surface area contributed by atoms with Crippen molar-refractivity contribution in [1.82, 2.24) is 14.8 Å². The highest BCUT2D eigenvalue weighted by atomic mass is 32.2. The lowest BCUT2D eigenvalue weighted by atomic mass is 10.1. The average molecular weight is 445 g/mol. The van der Waals surface area contributed by atoms with E-state index in [1.54, 1.807) is 7.11 Å². The highest BCUT2D eigenvalue weighted by Gasteiger charge is 2.17. The van der Waals surface area contributed by atoms with Gasteiger partial charge in [-0.05, 0) is 55.8 Å². The number of thioether (sulfide) groups is 1. The molecule has 0 aliphatic carbocycles. The van der Waals surface area contributed by atoms with Crippen LogP contribution in [0.5, 0.6) is 5.75 Å². The highest BCUT2D eigenvalue weighted by Crippen LogP contribution is 2.29. The number of aromatic nitrogens is 3. The maximum atomic E-state index is 12.5. The quantitative estimate of drug-likeness (QED) is 0.392. The molecule has 3 aromatic carbocycles. The Kier molecular flexibility index (Phi) is 6.56. The third kappa shape index (κ3) is 5.00. The van der Waals surface area contributed by atoms with Gasteiger partial charge in [-0.3, -0.25) is 9.36 Å². The zero-order chi connectivity index (χ0) is 22.5. The van der Waals surface area contributed by atoms with Crippen molar-refractivity contribution in [3.63, 3.8) is 0 Å². The van der Waals surface area contributed by atoms with E-state index in [-0.39, 0.29) is 11.7 Å². The molecule has 32 heavy (non-hydrogen) atoms. The van der Waals surface area contributed by atoms with E-state index in [1.165, 1.54) is 17.3 Å². The second-order valence-electron chi connectivity index (χ2n) is 7.41. The molecule has 0 saturated heterocycles. The Morgan fingerprint density at radius 1 is 0.969 bits per heavy atom. The van der Waals surface area contributed by atoms with Gasteiger partial charge in [0.1, 0.15) is 5.75 Å². The van der Waals surface area contributed by atoms with Crippen LogP contribution in [0.1, 0.15) is 11.1 Å². The maximum absolute atomic E-state index is 12.5. The number of rotatable bonds is 7. The zero-order valence-corrected chi connectivity index (χ0v) is 19.0. The molecule has 0 unspecified atom stereocenters. The minimum absolute atomic E-state index is 0.0956. The van der Waals surface area contributed by atoms with E-state index in [0.717, 1.165) is 34.1 Å². The summed E-state index contributed by atoms with van der Waals surface area (Å²) < 4.78 is 7.26. The number of aryl methyl sites for hydroxylation is 2. The Morgan fingerprint density at radius 3 is 2.41 bits per heavy atom. The summed E-state index contributed by atoms with van der Waals surface area (Å²) in [5.41, 5.74) is 4.90. The molecule has 7 heteroatoms. The molecule has 0 bridgehead atoms. The van der Waals surface area contributed by atoms with E-state index in [0.29, 0.717) is 5.16 Å². The van der Waals surface area contributed by atoms with Gasteiger partial charge in [-0.2, -0.15) is 0 Å². The molecular formula is C25H24N4O2S. The number of carbonyl (C=O) groups is 1. The van der Waals surface area contributed by atoms with Crippen molar-refractivity contribution < 1.29 is 9.53 Å². The highest BCUT2D eigenvalue weighted by molar-refractivity contribution is 7.99. The molecule has 0 spiro atoms. The van der Waals surface area contributed by atoms with E-state index in [4.69, 9.17) is 4.74 Å². The minimum atomic E-state index is -0.0956. The monoisotopic (exact) mass is 444 g/mol. The topological polar surface area (TPSA) is 69.0 Å². The van der Waals surface area contributed by atoms with Gasteiger partial charge in [0.05, 0.1) is 12.9 Å². The molecular weight excluding hydrogens is 420 g/mol. The summed E-state index contributed by atoms with van der Waals surface area (Å²) in [7, 11) is 1.64. The van der Waals surface area contributed by atoms with Gasteiger partial charge in [0.25, 0.3) is 0 Å². The van der Waals surface area contributed by atoms with E-state index in [2.05, 4.69) is 15.5 Å². The molecule has 162 valence electrons. The number of anilines is 1. The number of nitrogens with one attached hydrogen (secondary N) is 1. The van der Waals surface area contributed by atoms with Crippen LogP contribution in [-0.4, -0.2) is 33.5 Å². The zero-order valence-electron chi connectivity index (χ0n) is 18.2. The van der Waals surface area contributed by atoms with Gasteiger partial charge in [-0.1, -0.05) is 53.7 Å². The number of amides is 1. The van der Waals surface area contributed by atoms with E-state index < -0.39 is 0 Å². The molecule has 1 amide bonds. The predicted molar refractivity (Wildman–Crippen MR) is 129 cm³/mol. The van der Waals surface area contributed by atoms with Crippen LogP contribution in [-0.2, 0) is 4.79 Å². The first kappa shape index (κ1) is 21.6. The second-order valence-corrected chi connectivity index (χ2v) is 8.35. The predicted octanol–water partition coefficient (Wildman–Crippen LogP) is 5.29. The van der Waals surface area contributed by atoms with Crippen molar-refractivity contribution in [2.45, 2.75) is 19.0 Å². The summed E-state index contributed by atoms with van der Waals surface area (Å²) >= 11 is 1.35. The number of benzene rings is 3. The summed E-state index contributed by atoms with van der Waals surface area (Å²) in [5.74, 6) is 1.61. The number of ether oxygens (including phenoxy) is 1. The molecule has 6 nitrogen and oxygen atoms in total. The Balaban J connectivity index is 1.61. The molecule has 4 rings (SSSR count). The lowest BCUT2D eigenvalue weighted by Crippen LogP contribution is -2.14. The minimum Gasteiger partial charge on any atom is -0.497 e. The maximum Gasteiger partial charge on any atom is 0.234 e. The number of hydrogen-bond acceptors (Lipinski definition) is 5. The summed E-state index contributed by atoms with van der Waals surface area (Å²) in [6.07, 6.45) is 0. The lowest BCUT2D eigenvalue weighted by Gasteiger charge is -2.11. The third-order valence-corrected chi connectivity index (χ3v) is 5.84. The molecule has 0 radical (unpaired) electrons. The van der Waals surface area contributed by atoms with Gasteiger partial charge in [0, 0.05) is 16.9 Å². The molecule has 1 aromatic heterocycles. The van der Waals surface area contributed by atoms with E-state index >= 15 is 0 Å². The average Bonchev–Trinajstić information content (AvgIpc) is 3.22. The summed E-state index contributed by atoms with van der Waals surface area (Å²) in [4.78, 5) is 12.5. The number of carbonyl (C=O) groups excluding carboxylic acids is 1. The molecule has 4 aromatic rings. The first-order valence-electron chi connectivity index (χ1n) is 10.2. The van der Waals surface area contributed by atoms with Crippen molar-refractivity contribution in [2.24, 2.45) is 0 Å². The van der Waals surface area contributed by atoms with Crippen LogP contribution in [0.2, 0.25) is 0 Å². The molecule has 1 heterocycles. The summed E-state index contributed by atoms with van der Waals surface area (Å²) in [5, 5.41) is 12.4. The molecule has 1 N–H and O–H groups in total. The Hall–Kier alpha value is -3.58. The SMILES string of the molecule is COc1ccc(-n2c(SCC(=O)Nc3cccc(C)c3)nnc2-c2ccc(C)cc2)cc1. The molecule has 0 fully saturated rings. The van der Waals surface area contributed by atoms with Crippen molar-refractivity contribution in [3.8, 4) is 22.8 Å². The summed E-state index contributed by atoms with van der Waals surface area (Å²) in [6, 6.07) is 23.6. The van der Waals surface area contributed by atoms with Crippen LogP contribution in [0.25, 0.3) is 17.1 Å². The van der Waals surface area contributed by atoms with Crippen molar-refractivity contribution >= 4 is 23.4 Å². The van der Waals surface area contributed by atoms with Gasteiger partial charge < -0.3 is 10.1 Å². The van der Waals surface area contributed by atoms with Crippen LogP contribution in [0.15, 0.2) is 78.0 Å². The van der Waals surface area contributed by atoms with Crippen LogP contribution < -0.4 is 10.1 Å². The van der Waals surface area contributed by atoms with Gasteiger partial charge in [0.2, 0.25) is 5.91 Å². The Labute approximate surface area is 191 Å². The van der Waals surface area contributed by atoms with Gasteiger partial charge in [-0.25, -0.2) is 0 Å². The van der Waals surface area contributed by atoms with Crippen LogP contribution in [0, 0.1) is 13.8 Å². The smallest absolute Gasteiger partial charge is 0.234 e. The Morgan fingerprint density at radius 2 is 1.72 bits per heavy atom. The molecule has 0 saturated carbocycles. The van der Waals surface area contributed by atoms with Gasteiger partial charge >= 0.3 is 0 Å². The largest absolute Gasteiger partial charge is 0.497 e. The third-order valence-electron chi connectivity index (χ3n) is 4.91. The Bertz CT molecular complexity index is 1220. The number of methoxy groups -OCH3 is 1. The first-order valence-corrected chi connectivity index (χ1v) is 11.2. The van der Waals surface area contributed by atoms with Crippen molar-refractivity contribution in [3.05, 3.63) is 83.9 Å². The molecule has 0 atom stereocenters. The van der Waals surface area contributed by atoms with Gasteiger partial charge in [-0.15, -0.1) is 10.2 Å². The van der Waals surface area contributed by atoms with Crippen LogP contribution in [0.4, 0.5) is 5.69 Å².